The number of carbonyl (C=O) groups excluding carboxylic acids is 2. The average molecular weight is 299 g/mol. The van der Waals surface area contributed by atoms with Crippen molar-refractivity contribution in [3.05, 3.63) is 47.7 Å². The Labute approximate surface area is 128 Å². The van der Waals surface area contributed by atoms with Crippen molar-refractivity contribution < 1.29 is 14.3 Å². The van der Waals surface area contributed by atoms with Gasteiger partial charge in [0.1, 0.15) is 0 Å². The standard InChI is InChI=1S/C16H17N3O3/c1-10-13(18-11(2)20)5-4-6-14(10)19-16(21)12-7-8-15(22-3)17-9-12/h4-9H,1-3H3,(H,18,20)(H,19,21). The summed E-state index contributed by atoms with van der Waals surface area (Å²) in [5, 5.41) is 5.53. The van der Waals surface area contributed by atoms with Crippen LogP contribution in [0.1, 0.15) is 22.8 Å². The van der Waals surface area contributed by atoms with Gasteiger partial charge >= 0.3 is 0 Å². The van der Waals surface area contributed by atoms with Crippen LogP contribution in [-0.2, 0) is 4.79 Å². The van der Waals surface area contributed by atoms with Crippen LogP contribution in [-0.4, -0.2) is 23.9 Å². The Morgan fingerprint density at radius 3 is 2.32 bits per heavy atom. The van der Waals surface area contributed by atoms with Gasteiger partial charge in [0.05, 0.1) is 12.7 Å². The number of hydrogen-bond donors (Lipinski definition) is 2. The number of methoxy groups -OCH3 is 1. The van der Waals surface area contributed by atoms with Crippen LogP contribution < -0.4 is 15.4 Å². The van der Waals surface area contributed by atoms with E-state index in [0.29, 0.717) is 22.8 Å². The van der Waals surface area contributed by atoms with E-state index in [1.165, 1.54) is 20.2 Å². The Hall–Kier alpha value is -2.89. The van der Waals surface area contributed by atoms with Gasteiger partial charge in [0.2, 0.25) is 11.8 Å². The van der Waals surface area contributed by atoms with E-state index in [0.717, 1.165) is 5.56 Å². The van der Waals surface area contributed by atoms with Crippen molar-refractivity contribution in [2.24, 2.45) is 0 Å². The molecule has 2 aromatic rings. The number of anilines is 2. The zero-order valence-electron chi connectivity index (χ0n) is 12.6. The lowest BCUT2D eigenvalue weighted by Gasteiger charge is -2.12. The number of hydrogen-bond acceptors (Lipinski definition) is 4. The summed E-state index contributed by atoms with van der Waals surface area (Å²) >= 11 is 0. The van der Waals surface area contributed by atoms with Crippen molar-refractivity contribution >= 4 is 23.2 Å². The molecule has 0 unspecified atom stereocenters. The molecule has 0 saturated carbocycles. The van der Waals surface area contributed by atoms with Crippen LogP contribution in [0.3, 0.4) is 0 Å². The lowest BCUT2D eigenvalue weighted by molar-refractivity contribution is -0.114. The maximum absolute atomic E-state index is 12.2. The second-order valence-corrected chi connectivity index (χ2v) is 4.70. The lowest BCUT2D eigenvalue weighted by Crippen LogP contribution is -2.14. The fraction of sp³-hybridized carbons (Fsp3) is 0.188. The fourth-order valence-electron chi connectivity index (χ4n) is 1.93. The maximum Gasteiger partial charge on any atom is 0.257 e. The summed E-state index contributed by atoms with van der Waals surface area (Å²) in [6, 6.07) is 8.57. The van der Waals surface area contributed by atoms with Gasteiger partial charge in [-0.1, -0.05) is 6.07 Å². The summed E-state index contributed by atoms with van der Waals surface area (Å²) in [6.45, 7) is 3.26. The predicted octanol–water partition coefficient (Wildman–Crippen LogP) is 2.61. The Morgan fingerprint density at radius 2 is 1.77 bits per heavy atom. The van der Waals surface area contributed by atoms with E-state index in [9.17, 15) is 9.59 Å². The predicted molar refractivity (Wildman–Crippen MR) is 84.2 cm³/mol. The van der Waals surface area contributed by atoms with Crippen LogP contribution in [0.5, 0.6) is 5.88 Å². The number of nitrogens with zero attached hydrogens (tertiary/aromatic N) is 1. The molecular weight excluding hydrogens is 282 g/mol. The molecule has 0 fully saturated rings. The molecule has 6 nitrogen and oxygen atoms in total. The van der Waals surface area contributed by atoms with Gasteiger partial charge in [-0.2, -0.15) is 0 Å². The molecule has 0 aliphatic carbocycles. The average Bonchev–Trinajstić information content (AvgIpc) is 2.51. The SMILES string of the molecule is COc1ccc(C(=O)Nc2cccc(NC(C)=O)c2C)cn1. The normalized spacial score (nSPS) is 9.95. The van der Waals surface area contributed by atoms with E-state index in [1.54, 1.807) is 30.3 Å². The highest BCUT2D eigenvalue weighted by Gasteiger charge is 2.10. The molecule has 0 atom stereocenters. The third kappa shape index (κ3) is 3.60. The molecule has 2 amide bonds. The zero-order chi connectivity index (χ0) is 16.1. The number of nitrogens with one attached hydrogen (secondary N) is 2. The summed E-state index contributed by atoms with van der Waals surface area (Å²) in [4.78, 5) is 27.4. The molecule has 114 valence electrons. The second kappa shape index (κ2) is 6.71. The van der Waals surface area contributed by atoms with Crippen LogP contribution in [0.2, 0.25) is 0 Å². The maximum atomic E-state index is 12.2. The van der Waals surface area contributed by atoms with Gasteiger partial charge in [0.15, 0.2) is 0 Å². The number of aromatic nitrogens is 1. The van der Waals surface area contributed by atoms with Gasteiger partial charge in [-0.05, 0) is 30.7 Å². The molecule has 0 spiro atoms. The molecule has 0 bridgehead atoms. The van der Waals surface area contributed by atoms with Crippen LogP contribution in [0.4, 0.5) is 11.4 Å². The molecule has 22 heavy (non-hydrogen) atoms. The third-order valence-corrected chi connectivity index (χ3v) is 3.10. The first-order chi connectivity index (χ1) is 10.5. The molecule has 6 heteroatoms. The summed E-state index contributed by atoms with van der Waals surface area (Å²) < 4.78 is 4.96. The van der Waals surface area contributed by atoms with Crippen LogP contribution in [0.15, 0.2) is 36.5 Å². The number of carbonyl (C=O) groups is 2. The first kappa shape index (κ1) is 15.5. The van der Waals surface area contributed by atoms with E-state index in [-0.39, 0.29) is 11.8 Å². The first-order valence-corrected chi connectivity index (χ1v) is 6.70. The second-order valence-electron chi connectivity index (χ2n) is 4.70. The van der Waals surface area contributed by atoms with Gasteiger partial charge < -0.3 is 15.4 Å². The van der Waals surface area contributed by atoms with E-state index in [4.69, 9.17) is 4.74 Å². The van der Waals surface area contributed by atoms with Crippen LogP contribution in [0.25, 0.3) is 0 Å². The highest BCUT2D eigenvalue weighted by molar-refractivity contribution is 6.05. The number of rotatable bonds is 4. The smallest absolute Gasteiger partial charge is 0.257 e. The molecule has 1 heterocycles. The Kier molecular flexibility index (Phi) is 4.73. The molecule has 1 aromatic carbocycles. The van der Waals surface area contributed by atoms with Crippen molar-refractivity contribution in [2.45, 2.75) is 13.8 Å². The number of benzene rings is 1. The number of amides is 2. The van der Waals surface area contributed by atoms with E-state index >= 15 is 0 Å². The topological polar surface area (TPSA) is 80.3 Å². The van der Waals surface area contributed by atoms with E-state index in [2.05, 4.69) is 15.6 Å². The zero-order valence-corrected chi connectivity index (χ0v) is 12.6. The number of ether oxygens (including phenoxy) is 1. The fourth-order valence-corrected chi connectivity index (χ4v) is 1.93. The largest absolute Gasteiger partial charge is 0.481 e. The van der Waals surface area contributed by atoms with Gasteiger partial charge in [-0.3, -0.25) is 9.59 Å². The molecule has 0 radical (unpaired) electrons. The summed E-state index contributed by atoms with van der Waals surface area (Å²) in [5.74, 6) is 0.00421. The molecule has 0 aliphatic heterocycles. The van der Waals surface area contributed by atoms with Crippen molar-refractivity contribution in [3.8, 4) is 5.88 Å². The van der Waals surface area contributed by atoms with Crippen molar-refractivity contribution in [3.63, 3.8) is 0 Å². The lowest BCUT2D eigenvalue weighted by atomic mass is 10.1. The molecule has 2 N–H and O–H groups in total. The van der Waals surface area contributed by atoms with Gasteiger partial charge in [0.25, 0.3) is 5.91 Å². The van der Waals surface area contributed by atoms with E-state index in [1.807, 2.05) is 6.92 Å². The minimum atomic E-state index is -0.279. The van der Waals surface area contributed by atoms with Crippen LogP contribution in [0, 0.1) is 6.92 Å². The summed E-state index contributed by atoms with van der Waals surface area (Å²) in [6.07, 6.45) is 1.45. The molecular formula is C16H17N3O3. The highest BCUT2D eigenvalue weighted by Crippen LogP contribution is 2.24. The Bertz CT molecular complexity index is 696. The minimum Gasteiger partial charge on any atom is -0.481 e. The molecule has 0 aliphatic rings. The quantitative estimate of drug-likeness (QED) is 0.909. The van der Waals surface area contributed by atoms with Gasteiger partial charge in [-0.25, -0.2) is 4.98 Å². The third-order valence-electron chi connectivity index (χ3n) is 3.10. The highest BCUT2D eigenvalue weighted by atomic mass is 16.5. The van der Waals surface area contributed by atoms with Crippen molar-refractivity contribution in [2.75, 3.05) is 17.7 Å². The first-order valence-electron chi connectivity index (χ1n) is 6.70. The van der Waals surface area contributed by atoms with Crippen molar-refractivity contribution in [1.82, 2.24) is 4.98 Å². The number of pyridine rings is 1. The minimum absolute atomic E-state index is 0.161. The van der Waals surface area contributed by atoms with Gasteiger partial charge in [0, 0.05) is 30.6 Å². The monoisotopic (exact) mass is 299 g/mol. The molecule has 1 aromatic heterocycles. The van der Waals surface area contributed by atoms with E-state index < -0.39 is 0 Å². The van der Waals surface area contributed by atoms with Gasteiger partial charge in [-0.15, -0.1) is 0 Å². The summed E-state index contributed by atoms with van der Waals surface area (Å²) in [7, 11) is 1.51. The van der Waals surface area contributed by atoms with Crippen LogP contribution >= 0.6 is 0 Å². The molecule has 2 rings (SSSR count). The summed E-state index contributed by atoms with van der Waals surface area (Å²) in [5.41, 5.74) is 2.50. The Morgan fingerprint density at radius 1 is 1.09 bits per heavy atom. The molecule has 0 saturated heterocycles. The Balaban J connectivity index is 2.18. The van der Waals surface area contributed by atoms with Crippen molar-refractivity contribution in [1.29, 1.82) is 0 Å².